The first-order valence-corrected chi connectivity index (χ1v) is 10.6. The number of amides is 1. The van der Waals surface area contributed by atoms with E-state index in [9.17, 15) is 9.59 Å². The molecule has 1 N–H and O–H groups in total. The highest BCUT2D eigenvalue weighted by molar-refractivity contribution is 6.45. The van der Waals surface area contributed by atoms with Crippen molar-refractivity contribution in [1.82, 2.24) is 14.9 Å². The number of nitrogens with one attached hydrogen (secondary N) is 1. The zero-order valence-corrected chi connectivity index (χ0v) is 17.6. The van der Waals surface area contributed by atoms with Gasteiger partial charge in [0.2, 0.25) is 5.88 Å². The van der Waals surface area contributed by atoms with Crippen molar-refractivity contribution in [3.8, 4) is 11.6 Å². The summed E-state index contributed by atoms with van der Waals surface area (Å²) in [4.78, 5) is 35.3. The molecule has 7 heteroatoms. The summed E-state index contributed by atoms with van der Waals surface area (Å²) in [6.45, 7) is 1.27. The Morgan fingerprint density at radius 2 is 1.90 bits per heavy atom. The molecule has 1 aliphatic carbocycles. The number of ether oxygens (including phenoxy) is 2. The molecule has 1 aliphatic heterocycles. The number of carbonyl (C=O) groups is 2. The third-order valence-corrected chi connectivity index (χ3v) is 6.86. The predicted octanol–water partition coefficient (Wildman–Crippen LogP) is 3.42. The molecule has 5 rings (SSSR count). The van der Waals surface area contributed by atoms with Gasteiger partial charge in [0.15, 0.2) is 0 Å². The van der Waals surface area contributed by atoms with E-state index in [1.54, 1.807) is 11.1 Å². The molecule has 2 aromatic heterocycles. The second kappa shape index (κ2) is 7.72. The van der Waals surface area contributed by atoms with Gasteiger partial charge in [0.05, 0.1) is 31.4 Å². The number of carbonyl (C=O) groups excluding carboxylic acids is 2. The summed E-state index contributed by atoms with van der Waals surface area (Å²) in [5, 5.41) is 0.522. The first kappa shape index (κ1) is 19.6. The molecule has 7 nitrogen and oxygen atoms in total. The molecule has 1 aromatic carbocycles. The van der Waals surface area contributed by atoms with Crippen LogP contribution in [-0.4, -0.2) is 53.9 Å². The van der Waals surface area contributed by atoms with Crippen molar-refractivity contribution in [2.45, 2.75) is 18.8 Å². The molecule has 1 saturated heterocycles. The molecule has 0 spiro atoms. The molecule has 160 valence electrons. The summed E-state index contributed by atoms with van der Waals surface area (Å²) in [6.07, 6.45) is 5.27. The number of Topliss-reactive ketones (excluding diaryl/α,β-unsaturated/α-hetero) is 1. The summed E-state index contributed by atoms with van der Waals surface area (Å²) >= 11 is 0. The van der Waals surface area contributed by atoms with Gasteiger partial charge in [-0.05, 0) is 36.2 Å². The number of hydrogen-bond donors (Lipinski definition) is 1. The zero-order valence-electron chi connectivity index (χ0n) is 17.6. The number of hydrogen-bond acceptors (Lipinski definition) is 5. The van der Waals surface area contributed by atoms with E-state index in [1.807, 2.05) is 6.07 Å². The van der Waals surface area contributed by atoms with Gasteiger partial charge >= 0.3 is 0 Å². The zero-order chi connectivity index (χ0) is 21.5. The summed E-state index contributed by atoms with van der Waals surface area (Å²) < 4.78 is 10.7. The van der Waals surface area contributed by atoms with E-state index in [-0.39, 0.29) is 5.56 Å². The smallest absolute Gasteiger partial charge is 0.295 e. The van der Waals surface area contributed by atoms with Crippen LogP contribution in [0.2, 0.25) is 0 Å². The molecule has 2 aliphatic rings. The van der Waals surface area contributed by atoms with Crippen LogP contribution in [0.15, 0.2) is 42.7 Å². The molecule has 31 heavy (non-hydrogen) atoms. The number of aromatic amines is 1. The quantitative estimate of drug-likeness (QED) is 0.506. The van der Waals surface area contributed by atoms with Gasteiger partial charge in [-0.25, -0.2) is 4.98 Å². The molecular weight excluding hydrogens is 394 g/mol. The minimum Gasteiger partial charge on any atom is -0.494 e. The first-order chi connectivity index (χ1) is 15.1. The van der Waals surface area contributed by atoms with Crippen LogP contribution in [-0.2, 0) is 4.79 Å². The van der Waals surface area contributed by atoms with Gasteiger partial charge in [-0.1, -0.05) is 30.3 Å². The van der Waals surface area contributed by atoms with Crippen molar-refractivity contribution in [1.29, 1.82) is 0 Å². The van der Waals surface area contributed by atoms with Crippen LogP contribution < -0.4 is 9.47 Å². The average molecular weight is 419 g/mol. The lowest BCUT2D eigenvalue weighted by Gasteiger charge is -2.20. The molecule has 1 amide bonds. The van der Waals surface area contributed by atoms with Crippen molar-refractivity contribution in [2.75, 3.05) is 27.3 Å². The van der Waals surface area contributed by atoms with Crippen LogP contribution in [0, 0.1) is 11.8 Å². The Balaban J connectivity index is 1.40. The number of nitrogens with zero attached hydrogens (tertiary/aromatic N) is 2. The normalized spacial score (nSPS) is 22.5. The third kappa shape index (κ3) is 3.15. The van der Waals surface area contributed by atoms with Gasteiger partial charge in [-0.15, -0.1) is 0 Å². The molecule has 3 atom stereocenters. The van der Waals surface area contributed by atoms with Gasteiger partial charge in [-0.2, -0.15) is 0 Å². The number of aromatic nitrogens is 2. The summed E-state index contributed by atoms with van der Waals surface area (Å²) in [6, 6.07) is 10.5. The van der Waals surface area contributed by atoms with Crippen LogP contribution in [0.3, 0.4) is 0 Å². The Labute approximate surface area is 180 Å². The minimum absolute atomic E-state index is 0.286. The van der Waals surface area contributed by atoms with Crippen molar-refractivity contribution >= 4 is 22.6 Å². The molecule has 3 heterocycles. The monoisotopic (exact) mass is 419 g/mol. The maximum absolute atomic E-state index is 13.2. The van der Waals surface area contributed by atoms with E-state index in [1.165, 1.54) is 26.0 Å². The number of rotatable bonds is 5. The Morgan fingerprint density at radius 3 is 2.65 bits per heavy atom. The second-order valence-corrected chi connectivity index (χ2v) is 8.35. The largest absolute Gasteiger partial charge is 0.494 e. The molecule has 0 radical (unpaired) electrons. The summed E-state index contributed by atoms with van der Waals surface area (Å²) in [5.74, 6) is 1.08. The fourth-order valence-corrected chi connectivity index (χ4v) is 5.39. The molecular formula is C24H25N3O4. The lowest BCUT2D eigenvalue weighted by atomic mass is 9.87. The van der Waals surface area contributed by atoms with Crippen molar-refractivity contribution in [3.63, 3.8) is 0 Å². The Hall–Kier alpha value is -3.35. The standard InChI is InChI=1S/C24H25N3O4/c1-30-19-11-26-23(31-2)21-20(19)17(10-25-21)22(28)24(29)27-12-15-8-9-16(18(15)13-27)14-6-4-3-5-7-14/h3-7,10-11,15-16,18,25H,8-9,12-13H2,1-2H3. The number of methoxy groups -OCH3 is 2. The highest BCUT2D eigenvalue weighted by Crippen LogP contribution is 2.47. The Kier molecular flexibility index (Phi) is 4.88. The van der Waals surface area contributed by atoms with Gasteiger partial charge < -0.3 is 19.4 Å². The van der Waals surface area contributed by atoms with Gasteiger partial charge in [0, 0.05) is 19.3 Å². The lowest BCUT2D eigenvalue weighted by Crippen LogP contribution is -2.35. The second-order valence-electron chi connectivity index (χ2n) is 8.35. The van der Waals surface area contributed by atoms with Crippen molar-refractivity contribution < 1.29 is 19.1 Å². The highest BCUT2D eigenvalue weighted by atomic mass is 16.5. The topological polar surface area (TPSA) is 84.5 Å². The maximum atomic E-state index is 13.2. The Bertz CT molecular complexity index is 1140. The number of likely N-dealkylation sites (tertiary alicyclic amines) is 1. The molecule has 2 fully saturated rings. The third-order valence-electron chi connectivity index (χ3n) is 6.86. The van der Waals surface area contributed by atoms with Crippen LogP contribution in [0.5, 0.6) is 11.6 Å². The fraction of sp³-hybridized carbons (Fsp3) is 0.375. The van der Waals surface area contributed by atoms with Gasteiger partial charge in [-0.3, -0.25) is 9.59 Å². The van der Waals surface area contributed by atoms with Crippen LogP contribution >= 0.6 is 0 Å². The molecule has 3 aromatic rings. The van der Waals surface area contributed by atoms with Crippen LogP contribution in [0.25, 0.3) is 10.9 Å². The van der Waals surface area contributed by atoms with E-state index >= 15 is 0 Å². The van der Waals surface area contributed by atoms with E-state index in [2.05, 4.69) is 34.2 Å². The lowest BCUT2D eigenvalue weighted by molar-refractivity contribution is -0.125. The van der Waals surface area contributed by atoms with E-state index in [0.717, 1.165) is 12.8 Å². The highest BCUT2D eigenvalue weighted by Gasteiger charge is 2.45. The van der Waals surface area contributed by atoms with Gasteiger partial charge in [0.25, 0.3) is 11.7 Å². The maximum Gasteiger partial charge on any atom is 0.295 e. The molecule has 1 saturated carbocycles. The number of fused-ring (bicyclic) bond motifs is 2. The number of benzene rings is 1. The van der Waals surface area contributed by atoms with E-state index < -0.39 is 11.7 Å². The van der Waals surface area contributed by atoms with Crippen LogP contribution in [0.4, 0.5) is 0 Å². The van der Waals surface area contributed by atoms with Gasteiger partial charge in [0.1, 0.15) is 11.3 Å². The predicted molar refractivity (Wildman–Crippen MR) is 116 cm³/mol. The van der Waals surface area contributed by atoms with Crippen molar-refractivity contribution in [3.05, 3.63) is 53.9 Å². The molecule has 3 unspecified atom stereocenters. The number of ketones is 1. The summed E-state index contributed by atoms with van der Waals surface area (Å²) in [7, 11) is 3.02. The Morgan fingerprint density at radius 1 is 1.10 bits per heavy atom. The average Bonchev–Trinajstić information content (AvgIpc) is 3.52. The fourth-order valence-electron chi connectivity index (χ4n) is 5.39. The van der Waals surface area contributed by atoms with Crippen molar-refractivity contribution in [2.24, 2.45) is 11.8 Å². The SMILES string of the molecule is COc1ncc(OC)c2c(C(=O)C(=O)N3CC4CCC(c5ccccc5)C4C3)c[nH]c12. The number of pyridine rings is 1. The van der Waals surface area contributed by atoms with E-state index in [0.29, 0.717) is 53.4 Å². The minimum atomic E-state index is -0.533. The first-order valence-electron chi connectivity index (χ1n) is 10.6. The van der Waals surface area contributed by atoms with Crippen LogP contribution in [0.1, 0.15) is 34.7 Å². The number of H-pyrrole nitrogens is 1. The van der Waals surface area contributed by atoms with E-state index in [4.69, 9.17) is 9.47 Å². The molecule has 0 bridgehead atoms. The summed E-state index contributed by atoms with van der Waals surface area (Å²) in [5.41, 5.74) is 2.16.